The minimum absolute atomic E-state index is 0.792. The highest BCUT2D eigenvalue weighted by molar-refractivity contribution is 6.01. The molecule has 0 spiro atoms. The lowest BCUT2D eigenvalue weighted by atomic mass is 10.0. The van der Waals surface area contributed by atoms with Crippen molar-refractivity contribution in [3.63, 3.8) is 0 Å². The summed E-state index contributed by atoms with van der Waals surface area (Å²) in [5.74, 6) is 0.862. The first-order valence-electron chi connectivity index (χ1n) is 7.24. The molecule has 0 bridgehead atoms. The molecule has 1 aliphatic rings. The van der Waals surface area contributed by atoms with Crippen LogP contribution in [0.25, 0.3) is 22.6 Å². The number of fused-ring (bicyclic) bond motifs is 2. The highest BCUT2D eigenvalue weighted by atomic mass is 16.5. The number of anilines is 2. The van der Waals surface area contributed by atoms with Gasteiger partial charge in [0.05, 0.1) is 18.5 Å². The predicted molar refractivity (Wildman–Crippen MR) is 92.1 cm³/mol. The maximum atomic E-state index is 6.02. The van der Waals surface area contributed by atoms with Gasteiger partial charge in [-0.15, -0.1) is 0 Å². The molecule has 0 aliphatic carbocycles. The molecular weight excluding hydrogens is 274 g/mol. The fourth-order valence-corrected chi connectivity index (χ4v) is 3.00. The number of aromatic nitrogens is 1. The van der Waals surface area contributed by atoms with Crippen LogP contribution in [0.3, 0.4) is 0 Å². The number of para-hydroxylation sites is 1. The van der Waals surface area contributed by atoms with Crippen molar-refractivity contribution in [2.45, 2.75) is 0 Å². The second kappa shape index (κ2) is 4.84. The number of hydrogen-bond donors (Lipinski definition) is 3. The summed E-state index contributed by atoms with van der Waals surface area (Å²) < 4.78 is 5.33. The minimum atomic E-state index is 0.792. The van der Waals surface area contributed by atoms with Gasteiger partial charge < -0.3 is 20.8 Å². The zero-order chi connectivity index (χ0) is 15.1. The predicted octanol–water partition coefficient (Wildman–Crippen LogP) is 3.72. The minimum Gasteiger partial charge on any atom is -0.497 e. The Bertz CT molecular complexity index is 892. The van der Waals surface area contributed by atoms with E-state index in [1.807, 2.05) is 30.5 Å². The van der Waals surface area contributed by atoms with Gasteiger partial charge in [0.15, 0.2) is 0 Å². The maximum Gasteiger partial charge on any atom is 0.119 e. The second-order valence-electron chi connectivity index (χ2n) is 5.45. The van der Waals surface area contributed by atoms with Crippen molar-refractivity contribution in [2.24, 2.45) is 0 Å². The fourth-order valence-electron chi connectivity index (χ4n) is 3.00. The van der Waals surface area contributed by atoms with Crippen LogP contribution in [0.4, 0.5) is 11.4 Å². The van der Waals surface area contributed by atoms with Crippen molar-refractivity contribution >= 4 is 33.9 Å². The molecule has 4 nitrogen and oxygen atoms in total. The van der Waals surface area contributed by atoms with Gasteiger partial charge in [0, 0.05) is 34.8 Å². The third-order valence-electron chi connectivity index (χ3n) is 4.15. The molecule has 0 saturated heterocycles. The molecule has 3 aromatic rings. The van der Waals surface area contributed by atoms with Crippen molar-refractivity contribution in [3.05, 3.63) is 53.7 Å². The third-order valence-corrected chi connectivity index (χ3v) is 4.15. The number of H-pyrrole nitrogens is 1. The number of nitrogen functional groups attached to an aromatic ring is 1. The van der Waals surface area contributed by atoms with Gasteiger partial charge in [-0.2, -0.15) is 0 Å². The van der Waals surface area contributed by atoms with Crippen molar-refractivity contribution < 1.29 is 4.74 Å². The average molecular weight is 291 g/mol. The molecule has 2 heterocycles. The van der Waals surface area contributed by atoms with Crippen LogP contribution in [-0.4, -0.2) is 18.6 Å². The molecule has 0 unspecified atom stereocenters. The summed E-state index contributed by atoms with van der Waals surface area (Å²) in [5.41, 5.74) is 12.5. The van der Waals surface area contributed by atoms with Crippen molar-refractivity contribution in [3.8, 4) is 5.75 Å². The van der Waals surface area contributed by atoms with Crippen molar-refractivity contribution in [2.75, 3.05) is 24.7 Å². The number of methoxy groups -OCH3 is 1. The van der Waals surface area contributed by atoms with Crippen LogP contribution >= 0.6 is 0 Å². The van der Waals surface area contributed by atoms with E-state index in [1.165, 1.54) is 11.1 Å². The van der Waals surface area contributed by atoms with E-state index in [0.29, 0.717) is 0 Å². The summed E-state index contributed by atoms with van der Waals surface area (Å²) >= 11 is 0. The molecule has 4 N–H and O–H groups in total. The Morgan fingerprint density at radius 1 is 1.23 bits per heavy atom. The molecule has 1 aliphatic heterocycles. The van der Waals surface area contributed by atoms with Gasteiger partial charge in [-0.25, -0.2) is 0 Å². The normalized spacial score (nSPS) is 15.0. The lowest BCUT2D eigenvalue weighted by molar-refractivity contribution is 0.415. The van der Waals surface area contributed by atoms with Crippen LogP contribution in [-0.2, 0) is 0 Å². The van der Waals surface area contributed by atoms with Gasteiger partial charge in [0.2, 0.25) is 0 Å². The Hall–Kier alpha value is -2.88. The Kier molecular flexibility index (Phi) is 2.82. The van der Waals surface area contributed by atoms with E-state index in [9.17, 15) is 0 Å². The lowest BCUT2D eigenvalue weighted by Gasteiger charge is -2.03. The Morgan fingerprint density at radius 3 is 3.00 bits per heavy atom. The fraction of sp³-hybridized carbons (Fsp3) is 0.111. The van der Waals surface area contributed by atoms with Gasteiger partial charge in [-0.05, 0) is 35.9 Å². The molecule has 2 aromatic carbocycles. The van der Waals surface area contributed by atoms with Crippen LogP contribution in [0, 0.1) is 0 Å². The van der Waals surface area contributed by atoms with Crippen LogP contribution < -0.4 is 15.8 Å². The summed E-state index contributed by atoms with van der Waals surface area (Å²) in [6, 6.07) is 12.1. The third kappa shape index (κ3) is 1.92. The maximum absolute atomic E-state index is 6.02. The summed E-state index contributed by atoms with van der Waals surface area (Å²) in [6.45, 7) is 0.792. The largest absolute Gasteiger partial charge is 0.497 e. The van der Waals surface area contributed by atoms with Crippen LogP contribution in [0.5, 0.6) is 5.75 Å². The summed E-state index contributed by atoms with van der Waals surface area (Å²) in [7, 11) is 1.69. The molecule has 0 amide bonds. The van der Waals surface area contributed by atoms with Gasteiger partial charge >= 0.3 is 0 Å². The smallest absolute Gasteiger partial charge is 0.119 e. The molecule has 0 radical (unpaired) electrons. The first kappa shape index (κ1) is 12.8. The quantitative estimate of drug-likeness (QED) is 0.630. The number of hydrogen-bond acceptors (Lipinski definition) is 3. The number of nitrogens with one attached hydrogen (secondary N) is 2. The highest BCUT2D eigenvalue weighted by Gasteiger charge is 2.17. The van der Waals surface area contributed by atoms with Crippen LogP contribution in [0.1, 0.15) is 11.1 Å². The average Bonchev–Trinajstić information content (AvgIpc) is 3.13. The van der Waals surface area contributed by atoms with E-state index in [1.54, 1.807) is 7.11 Å². The molecule has 1 aromatic heterocycles. The van der Waals surface area contributed by atoms with E-state index >= 15 is 0 Å². The molecule has 0 fully saturated rings. The standard InChI is InChI=1S/C18H17N3O/c1-22-13-5-6-17-15(8-13)12(9-20-17)7-11-10-21-18-14(11)3-2-4-16(18)19/h2-9,20-21H,10,19H2,1H3. The summed E-state index contributed by atoms with van der Waals surface area (Å²) in [6.07, 6.45) is 4.23. The van der Waals surface area contributed by atoms with Crippen molar-refractivity contribution in [1.82, 2.24) is 4.98 Å². The highest BCUT2D eigenvalue weighted by Crippen LogP contribution is 2.37. The molecule has 0 saturated carbocycles. The number of ether oxygens (including phenoxy) is 1. The summed E-state index contributed by atoms with van der Waals surface area (Å²) in [5, 5.41) is 4.53. The summed E-state index contributed by atoms with van der Waals surface area (Å²) in [4.78, 5) is 3.30. The first-order valence-corrected chi connectivity index (χ1v) is 7.24. The number of rotatable bonds is 2. The van der Waals surface area contributed by atoms with Crippen LogP contribution in [0.15, 0.2) is 42.6 Å². The molecular formula is C18H17N3O. The van der Waals surface area contributed by atoms with Gasteiger partial charge in [0.25, 0.3) is 0 Å². The van der Waals surface area contributed by atoms with E-state index < -0.39 is 0 Å². The molecule has 110 valence electrons. The van der Waals surface area contributed by atoms with E-state index in [4.69, 9.17) is 10.5 Å². The number of aromatic amines is 1. The van der Waals surface area contributed by atoms with E-state index in [-0.39, 0.29) is 0 Å². The van der Waals surface area contributed by atoms with Gasteiger partial charge in [0.1, 0.15) is 5.75 Å². The zero-order valence-corrected chi connectivity index (χ0v) is 12.3. The molecule has 22 heavy (non-hydrogen) atoms. The number of benzene rings is 2. The second-order valence-corrected chi connectivity index (χ2v) is 5.45. The Balaban J connectivity index is 1.83. The molecule has 0 atom stereocenters. The number of nitrogens with two attached hydrogens (primary N) is 1. The SMILES string of the molecule is COc1ccc2[nH]cc(C=C3CNc4c(N)cccc43)c2c1. The lowest BCUT2D eigenvalue weighted by Crippen LogP contribution is -1.95. The molecule has 4 heteroatoms. The zero-order valence-electron chi connectivity index (χ0n) is 12.3. The molecule has 4 rings (SSSR count). The Labute approximate surface area is 128 Å². The van der Waals surface area contributed by atoms with Crippen LogP contribution in [0.2, 0.25) is 0 Å². The monoisotopic (exact) mass is 291 g/mol. The van der Waals surface area contributed by atoms with Gasteiger partial charge in [-0.1, -0.05) is 12.1 Å². The van der Waals surface area contributed by atoms with Crippen molar-refractivity contribution in [1.29, 1.82) is 0 Å². The first-order chi connectivity index (χ1) is 10.8. The Morgan fingerprint density at radius 2 is 2.14 bits per heavy atom. The van der Waals surface area contributed by atoms with Gasteiger partial charge in [-0.3, -0.25) is 0 Å². The van der Waals surface area contributed by atoms with E-state index in [0.717, 1.165) is 40.1 Å². The topological polar surface area (TPSA) is 63.1 Å². The van der Waals surface area contributed by atoms with E-state index in [2.05, 4.69) is 28.5 Å².